The first kappa shape index (κ1) is 14.0. The number of likely N-dealkylation sites (N-methyl/N-ethyl adjacent to an activating group) is 1. The highest BCUT2D eigenvalue weighted by molar-refractivity contribution is 5.98. The summed E-state index contributed by atoms with van der Waals surface area (Å²) in [5.41, 5.74) is -0.733. The Morgan fingerprint density at radius 3 is 2.74 bits per heavy atom. The van der Waals surface area contributed by atoms with Gasteiger partial charge in [0.1, 0.15) is 0 Å². The Morgan fingerprint density at radius 2 is 2.11 bits per heavy atom. The van der Waals surface area contributed by atoms with E-state index >= 15 is 0 Å². The van der Waals surface area contributed by atoms with Crippen molar-refractivity contribution < 1.29 is 22.7 Å². The number of benzene rings is 1. The first-order chi connectivity index (χ1) is 8.93. The number of rotatable bonds is 3. The topological polar surface area (TPSA) is 38.3 Å². The fraction of sp³-hybridized carbons (Fsp3) is 0.462. The maximum absolute atomic E-state index is 12.6. The largest absolute Gasteiger partial charge is 0.416 e. The number of Topliss-reactive ketones (excluding diaryl/α,β-unsaturated/α-hetero) is 1. The van der Waals surface area contributed by atoms with Gasteiger partial charge in [-0.25, -0.2) is 0 Å². The number of nitrogens with one attached hydrogen (secondary N) is 1. The third kappa shape index (κ3) is 2.96. The second-order valence-electron chi connectivity index (χ2n) is 4.48. The lowest BCUT2D eigenvalue weighted by Gasteiger charge is -2.16. The lowest BCUT2D eigenvalue weighted by atomic mass is 9.92. The minimum absolute atomic E-state index is 0.0746. The molecule has 3 nitrogen and oxygen atoms in total. The SMILES string of the molecule is CNC1COCC1C(=O)c1cccc(C(F)(F)F)c1. The van der Waals surface area contributed by atoms with Gasteiger partial charge in [-0.15, -0.1) is 0 Å². The number of hydrogen-bond acceptors (Lipinski definition) is 3. The smallest absolute Gasteiger partial charge is 0.379 e. The van der Waals surface area contributed by atoms with Crippen molar-refractivity contribution in [2.24, 2.45) is 5.92 Å². The van der Waals surface area contributed by atoms with Gasteiger partial charge in [-0.2, -0.15) is 13.2 Å². The summed E-state index contributed by atoms with van der Waals surface area (Å²) in [5, 5.41) is 2.94. The van der Waals surface area contributed by atoms with Gasteiger partial charge in [0.2, 0.25) is 0 Å². The standard InChI is InChI=1S/C13H14F3NO2/c1-17-11-7-19-6-10(11)12(18)8-3-2-4-9(5-8)13(14,15)16/h2-5,10-11,17H,6-7H2,1H3. The summed E-state index contributed by atoms with van der Waals surface area (Å²) < 4.78 is 43.0. The van der Waals surface area contributed by atoms with Crippen LogP contribution in [0.1, 0.15) is 15.9 Å². The summed E-state index contributed by atoms with van der Waals surface area (Å²) in [5.74, 6) is -0.753. The Bertz CT molecular complexity index is 473. The van der Waals surface area contributed by atoms with Crippen molar-refractivity contribution >= 4 is 5.78 Å². The fourth-order valence-corrected chi connectivity index (χ4v) is 2.16. The van der Waals surface area contributed by atoms with Crippen molar-refractivity contribution in [3.05, 3.63) is 35.4 Å². The highest BCUT2D eigenvalue weighted by Crippen LogP contribution is 2.30. The van der Waals surface area contributed by atoms with Crippen molar-refractivity contribution in [2.75, 3.05) is 20.3 Å². The maximum atomic E-state index is 12.6. The average molecular weight is 273 g/mol. The summed E-state index contributed by atoms with van der Waals surface area (Å²) >= 11 is 0. The number of carbonyl (C=O) groups excluding carboxylic acids is 1. The zero-order chi connectivity index (χ0) is 14.0. The van der Waals surface area contributed by atoms with E-state index in [-0.39, 0.29) is 24.0 Å². The quantitative estimate of drug-likeness (QED) is 0.857. The first-order valence-corrected chi connectivity index (χ1v) is 5.90. The molecule has 0 spiro atoms. The van der Waals surface area contributed by atoms with E-state index in [4.69, 9.17) is 4.74 Å². The van der Waals surface area contributed by atoms with Gasteiger partial charge < -0.3 is 10.1 Å². The van der Waals surface area contributed by atoms with Crippen LogP contribution in [-0.4, -0.2) is 32.1 Å². The van der Waals surface area contributed by atoms with Gasteiger partial charge in [0, 0.05) is 11.6 Å². The summed E-state index contributed by atoms with van der Waals surface area (Å²) in [6.07, 6.45) is -4.44. The third-order valence-electron chi connectivity index (χ3n) is 3.26. The molecule has 1 aliphatic heterocycles. The number of ether oxygens (including phenoxy) is 1. The molecule has 1 aromatic rings. The molecule has 1 saturated heterocycles. The Hall–Kier alpha value is -1.40. The molecule has 6 heteroatoms. The van der Waals surface area contributed by atoms with E-state index < -0.39 is 17.7 Å². The van der Waals surface area contributed by atoms with Crippen LogP contribution in [0, 0.1) is 5.92 Å². The maximum Gasteiger partial charge on any atom is 0.416 e. The molecule has 1 fully saturated rings. The molecule has 1 aromatic carbocycles. The minimum atomic E-state index is -4.44. The molecule has 0 saturated carbocycles. The average Bonchev–Trinajstić information content (AvgIpc) is 2.85. The molecule has 2 rings (SSSR count). The molecule has 2 unspecified atom stereocenters. The Kier molecular flexibility index (Phi) is 3.91. The van der Waals surface area contributed by atoms with Crippen molar-refractivity contribution in [2.45, 2.75) is 12.2 Å². The number of carbonyl (C=O) groups is 1. The molecule has 1 aliphatic rings. The molecule has 104 valence electrons. The third-order valence-corrected chi connectivity index (χ3v) is 3.26. The lowest BCUT2D eigenvalue weighted by molar-refractivity contribution is -0.137. The summed E-state index contributed by atoms with van der Waals surface area (Å²) in [4.78, 5) is 12.2. The van der Waals surface area contributed by atoms with Gasteiger partial charge in [-0.3, -0.25) is 4.79 Å². The van der Waals surface area contributed by atoms with Crippen LogP contribution in [0.3, 0.4) is 0 Å². The second-order valence-corrected chi connectivity index (χ2v) is 4.48. The fourth-order valence-electron chi connectivity index (χ4n) is 2.16. The monoisotopic (exact) mass is 273 g/mol. The molecule has 0 amide bonds. The molecule has 0 radical (unpaired) electrons. The van der Waals surface area contributed by atoms with E-state index in [2.05, 4.69) is 5.32 Å². The van der Waals surface area contributed by atoms with Gasteiger partial charge in [0.25, 0.3) is 0 Å². The van der Waals surface area contributed by atoms with Crippen molar-refractivity contribution in [1.82, 2.24) is 5.32 Å². The van der Waals surface area contributed by atoms with Crippen LogP contribution in [-0.2, 0) is 10.9 Å². The summed E-state index contributed by atoms with van der Waals surface area (Å²) in [6.45, 7) is 0.631. The number of hydrogen-bond donors (Lipinski definition) is 1. The van der Waals surface area contributed by atoms with Crippen molar-refractivity contribution in [1.29, 1.82) is 0 Å². The van der Waals surface area contributed by atoms with E-state index in [1.807, 2.05) is 0 Å². The van der Waals surface area contributed by atoms with Gasteiger partial charge in [0.05, 0.1) is 24.7 Å². The second kappa shape index (κ2) is 5.30. The molecule has 19 heavy (non-hydrogen) atoms. The van der Waals surface area contributed by atoms with E-state index in [1.165, 1.54) is 12.1 Å². The normalized spacial score (nSPS) is 23.6. The number of alkyl halides is 3. The van der Waals surface area contributed by atoms with Gasteiger partial charge >= 0.3 is 6.18 Å². The van der Waals surface area contributed by atoms with Crippen LogP contribution in [0.15, 0.2) is 24.3 Å². The predicted molar refractivity (Wildman–Crippen MR) is 62.9 cm³/mol. The van der Waals surface area contributed by atoms with Crippen LogP contribution in [0.25, 0.3) is 0 Å². The molecule has 1 N–H and O–H groups in total. The molecular formula is C13H14F3NO2. The van der Waals surface area contributed by atoms with Crippen LogP contribution in [0.2, 0.25) is 0 Å². The Labute approximate surface area is 108 Å². The highest BCUT2D eigenvalue weighted by Gasteiger charge is 2.35. The summed E-state index contributed by atoms with van der Waals surface area (Å²) in [7, 11) is 1.70. The van der Waals surface area contributed by atoms with E-state index in [1.54, 1.807) is 7.05 Å². The van der Waals surface area contributed by atoms with E-state index in [9.17, 15) is 18.0 Å². The van der Waals surface area contributed by atoms with E-state index in [0.29, 0.717) is 6.61 Å². The molecule has 2 atom stereocenters. The summed E-state index contributed by atoms with van der Waals surface area (Å²) in [6, 6.07) is 4.36. The molecule has 0 aromatic heterocycles. The van der Waals surface area contributed by atoms with Crippen LogP contribution >= 0.6 is 0 Å². The predicted octanol–water partition coefficient (Wildman–Crippen LogP) is 2.12. The van der Waals surface area contributed by atoms with Crippen molar-refractivity contribution in [3.8, 4) is 0 Å². The first-order valence-electron chi connectivity index (χ1n) is 5.90. The lowest BCUT2D eigenvalue weighted by Crippen LogP contribution is -2.37. The van der Waals surface area contributed by atoms with Crippen LogP contribution in [0.5, 0.6) is 0 Å². The van der Waals surface area contributed by atoms with Gasteiger partial charge in [-0.1, -0.05) is 12.1 Å². The van der Waals surface area contributed by atoms with Crippen molar-refractivity contribution in [3.63, 3.8) is 0 Å². The number of halogens is 3. The Morgan fingerprint density at radius 1 is 1.37 bits per heavy atom. The van der Waals surface area contributed by atoms with Crippen LogP contribution < -0.4 is 5.32 Å². The van der Waals surface area contributed by atoms with E-state index in [0.717, 1.165) is 12.1 Å². The zero-order valence-electron chi connectivity index (χ0n) is 10.3. The molecule has 1 heterocycles. The van der Waals surface area contributed by atoms with Gasteiger partial charge in [-0.05, 0) is 19.2 Å². The minimum Gasteiger partial charge on any atom is -0.379 e. The van der Waals surface area contributed by atoms with Crippen LogP contribution in [0.4, 0.5) is 13.2 Å². The number of ketones is 1. The Balaban J connectivity index is 2.24. The highest BCUT2D eigenvalue weighted by atomic mass is 19.4. The molecular weight excluding hydrogens is 259 g/mol. The molecule has 0 bridgehead atoms. The molecule has 0 aliphatic carbocycles. The van der Waals surface area contributed by atoms with Gasteiger partial charge in [0.15, 0.2) is 5.78 Å². The zero-order valence-corrected chi connectivity index (χ0v) is 10.3.